The van der Waals surface area contributed by atoms with Gasteiger partial charge in [-0.2, -0.15) is 13.2 Å². The van der Waals surface area contributed by atoms with Crippen LogP contribution in [0.3, 0.4) is 0 Å². The summed E-state index contributed by atoms with van der Waals surface area (Å²) in [5.74, 6) is -1.34. The number of anilines is 4. The standard InChI is InChI=1S/C39H38F3N9O4/c1-21-19-51(20-44-21)29-14-24(13-25(15-29)39(40,41)42)35(52)46-26-7-6-8-27(16-26)47-38(55)48-28-9-10-30-31(36(53)49-33(30)17-28)18-32-22(2)34(23(3)45-32)37(54)43-11-12-50(4)5/h6-10,13-20,45H,11-12H2,1-5H3,(H,43,54)(H,46,52)(H,49,53)(H2,47,48,55)/b31-18-. The summed E-state index contributed by atoms with van der Waals surface area (Å²) in [4.78, 5) is 61.3. The number of imidazole rings is 1. The Morgan fingerprint density at radius 1 is 0.909 bits per heavy atom. The van der Waals surface area contributed by atoms with Gasteiger partial charge in [-0.15, -0.1) is 0 Å². The van der Waals surface area contributed by atoms with Crippen molar-refractivity contribution in [3.05, 3.63) is 118 Å². The van der Waals surface area contributed by atoms with Gasteiger partial charge in [-0.25, -0.2) is 9.78 Å². The number of nitrogens with zero attached hydrogens (tertiary/aromatic N) is 3. The first kappa shape index (κ1) is 38.1. The maximum absolute atomic E-state index is 13.7. The van der Waals surface area contributed by atoms with Gasteiger partial charge in [0.05, 0.1) is 34.4 Å². The van der Waals surface area contributed by atoms with Crippen LogP contribution in [-0.4, -0.2) is 70.4 Å². The molecule has 0 bridgehead atoms. The van der Waals surface area contributed by atoms with Gasteiger partial charge >= 0.3 is 12.2 Å². The molecular formula is C39H38F3N9O4. The number of aryl methyl sites for hydroxylation is 2. The number of fused-ring (bicyclic) bond motifs is 1. The number of likely N-dealkylation sites (N-methyl/N-ethyl adjacent to an activating group) is 1. The molecule has 6 N–H and O–H groups in total. The third-order valence-corrected chi connectivity index (χ3v) is 8.79. The Kier molecular flexibility index (Phi) is 10.6. The summed E-state index contributed by atoms with van der Waals surface area (Å²) in [6.07, 6.45) is -0.0970. The van der Waals surface area contributed by atoms with Gasteiger partial charge in [0.2, 0.25) is 0 Å². The Labute approximate surface area is 314 Å². The van der Waals surface area contributed by atoms with E-state index in [9.17, 15) is 32.3 Å². The van der Waals surface area contributed by atoms with Crippen molar-refractivity contribution in [3.63, 3.8) is 0 Å². The highest BCUT2D eigenvalue weighted by Crippen LogP contribution is 2.36. The molecule has 1 aliphatic rings. The second kappa shape index (κ2) is 15.4. The Balaban J connectivity index is 1.12. The first-order valence-electron chi connectivity index (χ1n) is 17.1. The fourth-order valence-corrected chi connectivity index (χ4v) is 6.09. The molecule has 5 amide bonds. The summed E-state index contributed by atoms with van der Waals surface area (Å²) >= 11 is 0. The predicted octanol–water partition coefficient (Wildman–Crippen LogP) is 6.82. The summed E-state index contributed by atoms with van der Waals surface area (Å²) < 4.78 is 42.6. The van der Waals surface area contributed by atoms with Gasteiger partial charge in [0.1, 0.15) is 0 Å². The number of nitrogens with one attached hydrogen (secondary N) is 6. The fraction of sp³-hybridized carbons (Fsp3) is 0.205. The lowest BCUT2D eigenvalue weighted by Crippen LogP contribution is -2.31. The zero-order valence-corrected chi connectivity index (χ0v) is 30.5. The Morgan fingerprint density at radius 2 is 1.62 bits per heavy atom. The van der Waals surface area contributed by atoms with Gasteiger partial charge in [-0.1, -0.05) is 12.1 Å². The van der Waals surface area contributed by atoms with Crippen molar-refractivity contribution in [1.82, 2.24) is 24.8 Å². The number of carbonyl (C=O) groups excluding carboxylic acids is 4. The molecule has 55 heavy (non-hydrogen) atoms. The van der Waals surface area contributed by atoms with Crippen molar-refractivity contribution >= 4 is 58.2 Å². The van der Waals surface area contributed by atoms with Gasteiger partial charge in [0.15, 0.2) is 0 Å². The van der Waals surface area contributed by atoms with E-state index in [4.69, 9.17) is 0 Å². The number of amides is 5. The summed E-state index contributed by atoms with van der Waals surface area (Å²) in [7, 11) is 3.84. The SMILES string of the molecule is Cc1cn(-c2cc(C(=O)Nc3cccc(NC(=O)Nc4ccc5c(c4)NC(=O)/C5=C\c4[nH]c(C)c(C(=O)NCCN(C)C)c4C)c3)cc(C(F)(F)F)c2)cn1. The number of halogens is 3. The molecule has 16 heteroatoms. The van der Waals surface area contributed by atoms with Crippen LogP contribution in [0.15, 0.2) is 73.2 Å². The molecule has 0 unspecified atom stereocenters. The highest BCUT2D eigenvalue weighted by molar-refractivity contribution is 6.35. The number of alkyl halides is 3. The van der Waals surface area contributed by atoms with E-state index in [1.807, 2.05) is 25.9 Å². The molecule has 2 aromatic heterocycles. The van der Waals surface area contributed by atoms with Gasteiger partial charge in [-0.05, 0) is 95.0 Å². The molecule has 0 spiro atoms. The van der Waals surface area contributed by atoms with Crippen molar-refractivity contribution < 1.29 is 32.3 Å². The summed E-state index contributed by atoms with van der Waals surface area (Å²) in [5.41, 5.74) is 4.36. The van der Waals surface area contributed by atoms with E-state index >= 15 is 0 Å². The summed E-state index contributed by atoms with van der Waals surface area (Å²) in [6.45, 7) is 6.49. The van der Waals surface area contributed by atoms with E-state index < -0.39 is 23.7 Å². The minimum Gasteiger partial charge on any atom is -0.358 e. The lowest BCUT2D eigenvalue weighted by atomic mass is 10.0. The largest absolute Gasteiger partial charge is 0.416 e. The number of hydrogen-bond donors (Lipinski definition) is 6. The van der Waals surface area contributed by atoms with Gasteiger partial charge in [-0.3, -0.25) is 14.4 Å². The normalized spacial score (nSPS) is 13.1. The van der Waals surface area contributed by atoms with Crippen LogP contribution in [0.25, 0.3) is 17.3 Å². The van der Waals surface area contributed by atoms with Crippen molar-refractivity contribution in [2.24, 2.45) is 0 Å². The first-order chi connectivity index (χ1) is 26.0. The smallest absolute Gasteiger partial charge is 0.358 e. The van der Waals surface area contributed by atoms with E-state index in [2.05, 4.69) is 36.6 Å². The topological polar surface area (TPSA) is 165 Å². The molecule has 0 fully saturated rings. The Bertz CT molecular complexity index is 2360. The van der Waals surface area contributed by atoms with Crippen molar-refractivity contribution in [1.29, 1.82) is 0 Å². The molecule has 0 aliphatic carbocycles. The molecule has 0 saturated heterocycles. The number of urea groups is 1. The van der Waals surface area contributed by atoms with Crippen LogP contribution in [0.4, 0.5) is 40.7 Å². The molecule has 13 nitrogen and oxygen atoms in total. The third kappa shape index (κ3) is 8.76. The molecule has 0 radical (unpaired) electrons. The van der Waals surface area contributed by atoms with Crippen molar-refractivity contribution in [3.8, 4) is 5.69 Å². The van der Waals surface area contributed by atoms with Crippen LogP contribution in [0.2, 0.25) is 0 Å². The van der Waals surface area contributed by atoms with E-state index in [-0.39, 0.29) is 34.4 Å². The highest BCUT2D eigenvalue weighted by Gasteiger charge is 2.32. The monoisotopic (exact) mass is 753 g/mol. The average molecular weight is 754 g/mol. The van der Waals surface area contributed by atoms with E-state index in [1.54, 1.807) is 56.5 Å². The molecule has 3 aromatic carbocycles. The van der Waals surface area contributed by atoms with Crippen LogP contribution < -0.4 is 26.6 Å². The second-order valence-electron chi connectivity index (χ2n) is 13.3. The third-order valence-electron chi connectivity index (χ3n) is 8.79. The fourth-order valence-electron chi connectivity index (χ4n) is 6.09. The van der Waals surface area contributed by atoms with Crippen LogP contribution in [-0.2, 0) is 11.0 Å². The average Bonchev–Trinajstić information content (AvgIpc) is 3.77. The van der Waals surface area contributed by atoms with Gasteiger partial charge < -0.3 is 41.0 Å². The summed E-state index contributed by atoms with van der Waals surface area (Å²) in [5, 5.41) is 13.7. The zero-order valence-electron chi connectivity index (χ0n) is 30.5. The summed E-state index contributed by atoms with van der Waals surface area (Å²) in [6, 6.07) is 13.4. The lowest BCUT2D eigenvalue weighted by molar-refractivity contribution is -0.137. The Morgan fingerprint density at radius 3 is 2.29 bits per heavy atom. The number of carbonyl (C=O) groups is 4. The molecule has 6 rings (SSSR count). The maximum Gasteiger partial charge on any atom is 0.416 e. The molecule has 0 saturated carbocycles. The number of H-pyrrole nitrogens is 1. The van der Waals surface area contributed by atoms with Crippen LogP contribution in [0, 0.1) is 20.8 Å². The number of rotatable bonds is 10. The molecule has 1 aliphatic heterocycles. The van der Waals surface area contributed by atoms with Crippen molar-refractivity contribution in [2.75, 3.05) is 48.5 Å². The maximum atomic E-state index is 13.7. The first-order valence-corrected chi connectivity index (χ1v) is 17.1. The molecular weight excluding hydrogens is 715 g/mol. The predicted molar refractivity (Wildman–Crippen MR) is 204 cm³/mol. The number of aromatic amines is 1. The number of aromatic nitrogens is 3. The van der Waals surface area contributed by atoms with E-state index in [0.29, 0.717) is 63.8 Å². The van der Waals surface area contributed by atoms with Crippen LogP contribution in [0.5, 0.6) is 0 Å². The highest BCUT2D eigenvalue weighted by atomic mass is 19.4. The minimum atomic E-state index is -4.70. The molecule has 0 atom stereocenters. The van der Waals surface area contributed by atoms with Gasteiger partial charge in [0.25, 0.3) is 17.7 Å². The molecule has 5 aromatic rings. The van der Waals surface area contributed by atoms with Gasteiger partial charge in [0, 0.05) is 64.6 Å². The lowest BCUT2D eigenvalue weighted by Gasteiger charge is -2.14. The minimum absolute atomic E-state index is 0.114. The van der Waals surface area contributed by atoms with E-state index in [0.717, 1.165) is 12.1 Å². The number of hydrogen-bond acceptors (Lipinski definition) is 6. The molecule has 284 valence electrons. The van der Waals surface area contributed by atoms with Crippen molar-refractivity contribution in [2.45, 2.75) is 26.9 Å². The zero-order chi connectivity index (χ0) is 39.6. The van der Waals surface area contributed by atoms with Crippen LogP contribution >= 0.6 is 0 Å². The second-order valence-corrected chi connectivity index (χ2v) is 13.3. The number of benzene rings is 3. The van der Waals surface area contributed by atoms with Crippen LogP contribution in [0.1, 0.15) is 54.5 Å². The molecule has 3 heterocycles. The quantitative estimate of drug-likeness (QED) is 0.0857. The van der Waals surface area contributed by atoms with E-state index in [1.165, 1.54) is 29.1 Å². The Hall–Kier alpha value is -6.68.